The number of phosphoric acid groups is 2. The predicted octanol–water partition coefficient (Wildman–Crippen LogP) is 14.8. The normalized spacial score (nSPS) is 14.4. The molecule has 0 rings (SSSR count). The number of aliphatic hydroxyl groups is 1. The summed E-state index contributed by atoms with van der Waals surface area (Å²) < 4.78 is 67.4. The van der Waals surface area contributed by atoms with Crippen LogP contribution in [0.15, 0.2) is 0 Å². The molecule has 0 saturated heterocycles. The van der Waals surface area contributed by atoms with Crippen molar-refractivity contribution in [1.82, 2.24) is 0 Å². The van der Waals surface area contributed by atoms with E-state index in [1.54, 1.807) is 0 Å². The second kappa shape index (κ2) is 51.5. The zero-order valence-electron chi connectivity index (χ0n) is 47.5. The van der Waals surface area contributed by atoms with Gasteiger partial charge in [-0.1, -0.05) is 227 Å². The quantitative estimate of drug-likeness (QED) is 0.0222. The van der Waals surface area contributed by atoms with Gasteiger partial charge in [-0.2, -0.15) is 0 Å². The summed E-state index contributed by atoms with van der Waals surface area (Å²) in [4.78, 5) is 71.4. The first kappa shape index (κ1) is 73.1. The van der Waals surface area contributed by atoms with E-state index in [0.717, 1.165) is 109 Å². The first-order chi connectivity index (χ1) is 36.2. The van der Waals surface area contributed by atoms with Crippen LogP contribution in [0.25, 0.3) is 0 Å². The Hall–Kier alpha value is -1.94. The number of hydrogen-bond acceptors (Lipinski definition) is 15. The SMILES string of the molecule is CCCCCCCCCCCCCCC(=O)O[C@H](COC(=O)CCCCCCC)COP(=O)(O)OC[C@H](O)COP(=O)(O)OC[C@@H](COC(=O)CCCCCCCCCCCCC)OC(=O)CCCCCCCCC. The minimum atomic E-state index is -4.93. The molecule has 0 fully saturated rings. The maximum Gasteiger partial charge on any atom is 0.472 e. The monoisotopic (exact) mass is 1110 g/mol. The number of carbonyl (C=O) groups is 4. The molecule has 17 nitrogen and oxygen atoms in total. The highest BCUT2D eigenvalue weighted by atomic mass is 31.2. The Kier molecular flexibility index (Phi) is 50.2. The fourth-order valence-corrected chi connectivity index (χ4v) is 9.80. The summed E-state index contributed by atoms with van der Waals surface area (Å²) >= 11 is 0. The Morgan fingerprint density at radius 1 is 0.320 bits per heavy atom. The number of ether oxygens (including phenoxy) is 4. The molecule has 75 heavy (non-hydrogen) atoms. The highest BCUT2D eigenvalue weighted by Gasteiger charge is 2.30. The summed E-state index contributed by atoms with van der Waals surface area (Å²) in [5.41, 5.74) is 0. The smallest absolute Gasteiger partial charge is 0.462 e. The lowest BCUT2D eigenvalue weighted by Gasteiger charge is -2.21. The average Bonchev–Trinajstić information content (AvgIpc) is 3.38. The zero-order valence-corrected chi connectivity index (χ0v) is 49.3. The van der Waals surface area contributed by atoms with Gasteiger partial charge < -0.3 is 33.8 Å². The Morgan fingerprint density at radius 3 is 0.787 bits per heavy atom. The molecule has 0 saturated carbocycles. The summed E-state index contributed by atoms with van der Waals surface area (Å²) in [5, 5.41) is 10.5. The van der Waals surface area contributed by atoms with Gasteiger partial charge in [0, 0.05) is 25.7 Å². The van der Waals surface area contributed by atoms with Crippen molar-refractivity contribution in [3.8, 4) is 0 Å². The summed E-state index contributed by atoms with van der Waals surface area (Å²) in [6.07, 6.45) is 33.8. The Balaban J connectivity index is 5.12. The topological polar surface area (TPSA) is 237 Å². The van der Waals surface area contributed by atoms with Gasteiger partial charge in [0.25, 0.3) is 0 Å². The molecule has 0 aromatic carbocycles. The molecule has 0 aliphatic rings. The minimum Gasteiger partial charge on any atom is -0.462 e. The van der Waals surface area contributed by atoms with Crippen LogP contribution in [0.5, 0.6) is 0 Å². The number of carbonyl (C=O) groups excluding carboxylic acids is 4. The van der Waals surface area contributed by atoms with Crippen molar-refractivity contribution in [1.29, 1.82) is 0 Å². The van der Waals surface area contributed by atoms with Crippen LogP contribution in [0.1, 0.15) is 278 Å². The van der Waals surface area contributed by atoms with Gasteiger partial charge in [-0.15, -0.1) is 0 Å². The van der Waals surface area contributed by atoms with E-state index in [1.807, 2.05) is 0 Å². The van der Waals surface area contributed by atoms with Gasteiger partial charge in [0.1, 0.15) is 19.3 Å². The van der Waals surface area contributed by atoms with E-state index in [1.165, 1.54) is 89.9 Å². The lowest BCUT2D eigenvalue weighted by atomic mass is 10.0. The van der Waals surface area contributed by atoms with E-state index in [2.05, 4.69) is 27.7 Å². The van der Waals surface area contributed by atoms with Crippen LogP contribution in [0, 0.1) is 0 Å². The van der Waals surface area contributed by atoms with Crippen molar-refractivity contribution in [3.05, 3.63) is 0 Å². The minimum absolute atomic E-state index is 0.104. The molecule has 0 aromatic heterocycles. The molecule has 0 bridgehead atoms. The number of rotatable bonds is 57. The summed E-state index contributed by atoms with van der Waals surface area (Å²) in [5.74, 6) is -2.16. The number of hydrogen-bond donors (Lipinski definition) is 3. The fraction of sp³-hybridized carbons (Fsp3) is 0.929. The van der Waals surface area contributed by atoms with Gasteiger partial charge in [0.15, 0.2) is 12.2 Å². The fourth-order valence-electron chi connectivity index (χ4n) is 8.22. The van der Waals surface area contributed by atoms with Crippen LogP contribution < -0.4 is 0 Å². The van der Waals surface area contributed by atoms with Crippen LogP contribution in [0.3, 0.4) is 0 Å². The van der Waals surface area contributed by atoms with Gasteiger partial charge in [0.05, 0.1) is 26.4 Å². The van der Waals surface area contributed by atoms with Gasteiger partial charge >= 0.3 is 39.5 Å². The third-order valence-electron chi connectivity index (χ3n) is 12.9. The molecule has 0 aliphatic carbocycles. The maximum absolute atomic E-state index is 12.9. The Bertz CT molecular complexity index is 1470. The molecule has 0 aliphatic heterocycles. The van der Waals surface area contributed by atoms with Crippen LogP contribution in [0.2, 0.25) is 0 Å². The number of unbranched alkanes of at least 4 members (excludes halogenated alkanes) is 31. The lowest BCUT2D eigenvalue weighted by molar-refractivity contribution is -0.161. The first-order valence-corrected chi connectivity index (χ1v) is 32.8. The molecule has 3 N–H and O–H groups in total. The van der Waals surface area contributed by atoms with E-state index in [4.69, 9.17) is 37.0 Å². The van der Waals surface area contributed by atoms with Gasteiger partial charge in [0.2, 0.25) is 0 Å². The second-order valence-corrected chi connectivity index (χ2v) is 23.2. The summed E-state index contributed by atoms with van der Waals surface area (Å²) in [6.45, 7) is 4.70. The molecule has 2 unspecified atom stereocenters. The second-order valence-electron chi connectivity index (χ2n) is 20.3. The molecule has 5 atom stereocenters. The third-order valence-corrected chi connectivity index (χ3v) is 14.8. The van der Waals surface area contributed by atoms with Crippen LogP contribution >= 0.6 is 15.6 Å². The predicted molar refractivity (Wildman–Crippen MR) is 294 cm³/mol. The van der Waals surface area contributed by atoms with Gasteiger partial charge in [-0.25, -0.2) is 9.13 Å². The van der Waals surface area contributed by atoms with Crippen molar-refractivity contribution < 1.29 is 80.2 Å². The lowest BCUT2D eigenvalue weighted by Crippen LogP contribution is -2.30. The zero-order chi connectivity index (χ0) is 55.5. The van der Waals surface area contributed by atoms with Crippen molar-refractivity contribution in [3.63, 3.8) is 0 Å². The molecule has 0 aromatic rings. The molecule has 19 heteroatoms. The standard InChI is InChI=1S/C56H108O17P2/c1-5-9-13-17-20-22-24-26-28-31-35-39-43-56(61)73-51(46-66-53(58)40-36-32-16-12-8-4)48-70-74(62,63)68-44-50(57)45-69-75(64,65)71-49-52(72-55(60)42-38-34-29-19-15-11-7-3)47-67-54(59)41-37-33-30-27-25-23-21-18-14-10-6-2/h50-52,57H,5-49H2,1-4H3,(H,62,63)(H,64,65)/t50-,51+,52+/m0/s1. The van der Waals surface area contributed by atoms with Crippen LogP contribution in [-0.2, 0) is 65.4 Å². The molecular weight excluding hydrogens is 1010 g/mol. The molecule has 0 heterocycles. The first-order valence-electron chi connectivity index (χ1n) is 29.8. The highest BCUT2D eigenvalue weighted by molar-refractivity contribution is 7.47. The Labute approximate surface area is 454 Å². The maximum atomic E-state index is 12.9. The molecule has 0 spiro atoms. The Morgan fingerprint density at radius 2 is 0.533 bits per heavy atom. The van der Waals surface area contributed by atoms with E-state index >= 15 is 0 Å². The molecule has 0 amide bonds. The van der Waals surface area contributed by atoms with Crippen LogP contribution in [0.4, 0.5) is 0 Å². The number of aliphatic hydroxyl groups excluding tert-OH is 1. The number of esters is 4. The molecular formula is C56H108O17P2. The third kappa shape index (κ3) is 51.3. The van der Waals surface area contributed by atoms with E-state index in [9.17, 15) is 43.2 Å². The van der Waals surface area contributed by atoms with E-state index in [0.29, 0.717) is 25.7 Å². The molecule has 0 radical (unpaired) electrons. The largest absolute Gasteiger partial charge is 0.472 e. The summed E-state index contributed by atoms with van der Waals surface area (Å²) in [7, 11) is -9.85. The van der Waals surface area contributed by atoms with Gasteiger partial charge in [-0.3, -0.25) is 37.3 Å². The average molecular weight is 1120 g/mol. The summed E-state index contributed by atoms with van der Waals surface area (Å²) in [6, 6.07) is 0. The van der Waals surface area contributed by atoms with Crippen molar-refractivity contribution in [2.45, 2.75) is 296 Å². The van der Waals surface area contributed by atoms with Crippen molar-refractivity contribution in [2.75, 3.05) is 39.6 Å². The van der Waals surface area contributed by atoms with Crippen molar-refractivity contribution >= 4 is 39.5 Å². The van der Waals surface area contributed by atoms with Crippen molar-refractivity contribution in [2.24, 2.45) is 0 Å². The molecule has 444 valence electrons. The number of phosphoric ester groups is 2. The van der Waals surface area contributed by atoms with Gasteiger partial charge in [-0.05, 0) is 25.7 Å². The van der Waals surface area contributed by atoms with Crippen LogP contribution in [-0.4, -0.2) is 96.7 Å². The van der Waals surface area contributed by atoms with E-state index < -0.39 is 97.5 Å². The van der Waals surface area contributed by atoms with E-state index in [-0.39, 0.29) is 25.7 Å². The highest BCUT2D eigenvalue weighted by Crippen LogP contribution is 2.45.